The summed E-state index contributed by atoms with van der Waals surface area (Å²) >= 11 is 0. The van der Waals surface area contributed by atoms with Gasteiger partial charge in [-0.1, -0.05) is 6.92 Å². The largest absolute Gasteiger partial charge is 0.483 e. The lowest BCUT2D eigenvalue weighted by Crippen LogP contribution is -2.46. The summed E-state index contributed by atoms with van der Waals surface area (Å²) in [5.74, 6) is 2.59. The van der Waals surface area contributed by atoms with Gasteiger partial charge in [-0.2, -0.15) is 4.98 Å². The topological polar surface area (TPSA) is 145 Å². The molecule has 4 heterocycles. The standard InChI is InChI=1S/C24H28N8O2.CH2O2/c1-3-31-8-10-32(11-9-31)21-7-5-18(14-25-21)28-24-26-13-16(2)23(30-24)27-17-4-6-20-19(12-17)29-22(33)15-34-20;2-1-3/h4-7,12-14H,3,8-11,15H2,1-2H3,(H,29,33)(H2,26,27,28,30);1H,(H,2,3). The summed E-state index contributed by atoms with van der Waals surface area (Å²) in [4.78, 5) is 38.4. The Hall–Kier alpha value is -4.45. The molecule has 37 heavy (non-hydrogen) atoms. The van der Waals surface area contributed by atoms with Crippen molar-refractivity contribution >= 4 is 47.0 Å². The number of aryl methyl sites for hydroxylation is 1. The second kappa shape index (κ2) is 12.0. The van der Waals surface area contributed by atoms with Gasteiger partial charge in [-0.15, -0.1) is 0 Å². The highest BCUT2D eigenvalue weighted by molar-refractivity contribution is 5.96. The molecule has 2 aliphatic heterocycles. The molecule has 1 fully saturated rings. The van der Waals surface area contributed by atoms with Crippen molar-refractivity contribution in [3.05, 3.63) is 48.3 Å². The first-order valence-electron chi connectivity index (χ1n) is 11.9. The number of piperazine rings is 1. The molecule has 3 aromatic rings. The summed E-state index contributed by atoms with van der Waals surface area (Å²) in [5.41, 5.74) is 3.13. The smallest absolute Gasteiger partial charge is 0.290 e. The number of aromatic nitrogens is 3. The van der Waals surface area contributed by atoms with E-state index < -0.39 is 0 Å². The molecule has 194 valence electrons. The van der Waals surface area contributed by atoms with Crippen molar-refractivity contribution in [2.75, 3.05) is 60.2 Å². The van der Waals surface area contributed by atoms with Crippen LogP contribution in [0.15, 0.2) is 42.7 Å². The number of anilines is 6. The first kappa shape index (κ1) is 25.6. The zero-order chi connectivity index (χ0) is 26.2. The van der Waals surface area contributed by atoms with Crippen LogP contribution in [0.5, 0.6) is 5.75 Å². The zero-order valence-electron chi connectivity index (χ0n) is 20.8. The van der Waals surface area contributed by atoms with Crippen molar-refractivity contribution in [3.63, 3.8) is 0 Å². The number of hydrogen-bond donors (Lipinski definition) is 4. The number of ether oxygens (including phenoxy) is 1. The van der Waals surface area contributed by atoms with Gasteiger partial charge < -0.3 is 35.6 Å². The van der Waals surface area contributed by atoms with E-state index in [9.17, 15) is 4.79 Å². The third-order valence-corrected chi connectivity index (χ3v) is 5.99. The molecule has 0 radical (unpaired) electrons. The first-order chi connectivity index (χ1) is 18.0. The molecule has 0 aliphatic carbocycles. The Bertz CT molecular complexity index is 1230. The summed E-state index contributed by atoms with van der Waals surface area (Å²) < 4.78 is 5.42. The Morgan fingerprint density at radius 3 is 2.54 bits per heavy atom. The first-order valence-corrected chi connectivity index (χ1v) is 11.9. The molecule has 12 nitrogen and oxygen atoms in total. The Morgan fingerprint density at radius 1 is 1.08 bits per heavy atom. The number of nitrogens with zero attached hydrogens (tertiary/aromatic N) is 5. The second-order valence-electron chi connectivity index (χ2n) is 8.45. The number of amides is 1. The van der Waals surface area contributed by atoms with Gasteiger partial charge in [0.05, 0.1) is 17.6 Å². The molecule has 1 aromatic carbocycles. The Labute approximate surface area is 214 Å². The number of rotatable bonds is 6. The van der Waals surface area contributed by atoms with Crippen LogP contribution in [-0.4, -0.2) is 76.7 Å². The molecule has 2 aliphatic rings. The van der Waals surface area contributed by atoms with Crippen molar-refractivity contribution < 1.29 is 19.4 Å². The van der Waals surface area contributed by atoms with E-state index in [1.54, 1.807) is 6.20 Å². The molecule has 4 N–H and O–H groups in total. The van der Waals surface area contributed by atoms with Gasteiger partial charge in [-0.05, 0) is 43.8 Å². The normalized spacial score (nSPS) is 14.9. The van der Waals surface area contributed by atoms with Gasteiger partial charge >= 0.3 is 0 Å². The number of likely N-dealkylation sites (N-methyl/N-ethyl adjacent to an activating group) is 1. The van der Waals surface area contributed by atoms with Crippen LogP contribution >= 0.6 is 0 Å². The second-order valence-corrected chi connectivity index (χ2v) is 8.45. The highest BCUT2D eigenvalue weighted by Crippen LogP contribution is 2.32. The van der Waals surface area contributed by atoms with Crippen molar-refractivity contribution in [2.45, 2.75) is 13.8 Å². The van der Waals surface area contributed by atoms with Gasteiger partial charge in [0.2, 0.25) is 5.95 Å². The molecule has 0 atom stereocenters. The third kappa shape index (κ3) is 6.61. The lowest BCUT2D eigenvalue weighted by atomic mass is 10.2. The van der Waals surface area contributed by atoms with Crippen LogP contribution in [0.25, 0.3) is 0 Å². The number of carbonyl (C=O) groups excluding carboxylic acids is 1. The number of hydrogen-bond acceptors (Lipinski definition) is 10. The van der Waals surface area contributed by atoms with Crippen molar-refractivity contribution in [3.8, 4) is 5.75 Å². The van der Waals surface area contributed by atoms with E-state index in [1.807, 2.05) is 43.5 Å². The van der Waals surface area contributed by atoms with Crippen molar-refractivity contribution in [1.82, 2.24) is 19.9 Å². The average molecular weight is 507 g/mol. The molecule has 1 saturated heterocycles. The fraction of sp³-hybridized carbons (Fsp3) is 0.320. The summed E-state index contributed by atoms with van der Waals surface area (Å²) in [6, 6.07) is 9.55. The zero-order valence-corrected chi connectivity index (χ0v) is 20.8. The summed E-state index contributed by atoms with van der Waals surface area (Å²) in [7, 11) is 0. The highest BCUT2D eigenvalue weighted by atomic mass is 16.5. The predicted molar refractivity (Wildman–Crippen MR) is 141 cm³/mol. The van der Waals surface area contributed by atoms with Gasteiger partial charge in [-0.25, -0.2) is 9.97 Å². The molecule has 12 heteroatoms. The van der Waals surface area contributed by atoms with E-state index >= 15 is 0 Å². The van der Waals surface area contributed by atoms with E-state index in [1.165, 1.54) is 0 Å². The highest BCUT2D eigenvalue weighted by Gasteiger charge is 2.18. The molecule has 0 unspecified atom stereocenters. The van der Waals surface area contributed by atoms with Crippen LogP contribution in [-0.2, 0) is 9.59 Å². The van der Waals surface area contributed by atoms with Gasteiger partial charge in [0.1, 0.15) is 17.4 Å². The number of fused-ring (bicyclic) bond motifs is 1. The molecular formula is C25H30N8O4. The molecular weight excluding hydrogens is 476 g/mol. The minimum absolute atomic E-state index is 0.0329. The number of carbonyl (C=O) groups is 2. The Morgan fingerprint density at radius 2 is 1.84 bits per heavy atom. The fourth-order valence-corrected chi connectivity index (χ4v) is 4.00. The Balaban J connectivity index is 0.00000102. The summed E-state index contributed by atoms with van der Waals surface area (Å²) in [5, 5.41) is 16.2. The van der Waals surface area contributed by atoms with E-state index in [4.69, 9.17) is 14.6 Å². The maximum absolute atomic E-state index is 11.6. The third-order valence-electron chi connectivity index (χ3n) is 5.99. The van der Waals surface area contributed by atoms with Crippen molar-refractivity contribution in [1.29, 1.82) is 0 Å². The molecule has 1 amide bonds. The van der Waals surface area contributed by atoms with Crippen LogP contribution in [0.4, 0.5) is 34.6 Å². The van der Waals surface area contributed by atoms with Crippen LogP contribution in [0, 0.1) is 6.92 Å². The van der Waals surface area contributed by atoms with Gasteiger partial charge in [0.25, 0.3) is 12.4 Å². The maximum Gasteiger partial charge on any atom is 0.290 e. The molecule has 2 aromatic heterocycles. The minimum Gasteiger partial charge on any atom is -0.483 e. The van der Waals surface area contributed by atoms with Crippen LogP contribution in [0.1, 0.15) is 12.5 Å². The van der Waals surface area contributed by atoms with Crippen LogP contribution < -0.4 is 25.6 Å². The molecule has 0 bridgehead atoms. The minimum atomic E-state index is -0.250. The van der Waals surface area contributed by atoms with E-state index in [0.29, 0.717) is 23.2 Å². The van der Waals surface area contributed by atoms with Crippen LogP contribution in [0.2, 0.25) is 0 Å². The number of nitrogens with one attached hydrogen (secondary N) is 3. The average Bonchev–Trinajstić information content (AvgIpc) is 2.91. The van der Waals surface area contributed by atoms with Gasteiger partial charge in [0.15, 0.2) is 6.61 Å². The summed E-state index contributed by atoms with van der Waals surface area (Å²) in [6.45, 7) is 9.11. The Kier molecular flexibility index (Phi) is 8.31. The summed E-state index contributed by atoms with van der Waals surface area (Å²) in [6.07, 6.45) is 3.57. The fourth-order valence-electron chi connectivity index (χ4n) is 4.00. The molecule has 0 spiro atoms. The van der Waals surface area contributed by atoms with E-state index in [0.717, 1.165) is 55.5 Å². The lowest BCUT2D eigenvalue weighted by Gasteiger charge is -2.34. The SMILES string of the molecule is CCN1CCN(c2ccc(Nc3ncc(C)c(Nc4ccc5c(c4)NC(=O)CO5)n3)cn2)CC1.O=CO. The van der Waals surface area contributed by atoms with Gasteiger partial charge in [0, 0.05) is 43.6 Å². The predicted octanol–water partition coefficient (Wildman–Crippen LogP) is 2.84. The van der Waals surface area contributed by atoms with Crippen molar-refractivity contribution in [2.24, 2.45) is 0 Å². The maximum atomic E-state index is 11.6. The van der Waals surface area contributed by atoms with Gasteiger partial charge in [-0.3, -0.25) is 9.59 Å². The monoisotopic (exact) mass is 506 g/mol. The number of pyridine rings is 1. The van der Waals surface area contributed by atoms with E-state index in [2.05, 4.69) is 47.6 Å². The van der Waals surface area contributed by atoms with Crippen LogP contribution in [0.3, 0.4) is 0 Å². The molecule has 0 saturated carbocycles. The lowest BCUT2D eigenvalue weighted by molar-refractivity contribution is -0.123. The van der Waals surface area contributed by atoms with E-state index in [-0.39, 0.29) is 19.0 Å². The number of benzene rings is 1. The quantitative estimate of drug-likeness (QED) is 0.366. The number of carboxylic acid groups (broad SMARTS) is 1. The molecule has 5 rings (SSSR count).